The zero-order valence-electron chi connectivity index (χ0n) is 20.5. The lowest BCUT2D eigenvalue weighted by Crippen LogP contribution is -1.95. The molecule has 4 aromatic heterocycles. The Bertz CT molecular complexity index is 1740. The summed E-state index contributed by atoms with van der Waals surface area (Å²) in [5, 5.41) is 2.10. The number of nitrogens with zero attached hydrogens (tertiary/aromatic N) is 4. The SMILES string of the molecule is c1ccc(-c2cc(-c3ccccn3)nc3cc4c(-c5ccccc5)cc(-c5ccccn5)nc4cc23)cc1. The second kappa shape index (κ2) is 9.34. The Morgan fingerprint density at radius 3 is 1.18 bits per heavy atom. The lowest BCUT2D eigenvalue weighted by molar-refractivity contribution is 1.27. The molecule has 4 heteroatoms. The van der Waals surface area contributed by atoms with Crippen LogP contribution in [0.15, 0.2) is 134 Å². The van der Waals surface area contributed by atoms with Crippen LogP contribution in [-0.4, -0.2) is 19.9 Å². The summed E-state index contributed by atoms with van der Waals surface area (Å²) in [6.07, 6.45) is 3.61. The quantitative estimate of drug-likeness (QED) is 0.235. The smallest absolute Gasteiger partial charge is 0.0900 e. The number of hydrogen-bond donors (Lipinski definition) is 0. The third kappa shape index (κ3) is 3.98. The van der Waals surface area contributed by atoms with Gasteiger partial charge in [0.25, 0.3) is 0 Å². The maximum absolute atomic E-state index is 5.09. The van der Waals surface area contributed by atoms with E-state index in [9.17, 15) is 0 Å². The van der Waals surface area contributed by atoms with E-state index in [1.54, 1.807) is 12.4 Å². The van der Waals surface area contributed by atoms with Crippen LogP contribution in [0, 0.1) is 0 Å². The van der Waals surface area contributed by atoms with Crippen LogP contribution in [0.5, 0.6) is 0 Å². The monoisotopic (exact) mass is 486 g/mol. The van der Waals surface area contributed by atoms with Crippen molar-refractivity contribution in [1.29, 1.82) is 0 Å². The van der Waals surface area contributed by atoms with E-state index in [4.69, 9.17) is 9.97 Å². The molecule has 7 rings (SSSR count). The summed E-state index contributed by atoms with van der Waals surface area (Å²) < 4.78 is 0. The number of fused-ring (bicyclic) bond motifs is 2. The van der Waals surface area contributed by atoms with Gasteiger partial charge in [-0.1, -0.05) is 72.8 Å². The van der Waals surface area contributed by atoms with Gasteiger partial charge in [-0.15, -0.1) is 0 Å². The normalized spacial score (nSPS) is 11.2. The summed E-state index contributed by atoms with van der Waals surface area (Å²) in [5.74, 6) is 0. The standard InChI is InChI=1S/C34H22N4/c1-3-11-23(12-4-1)25-19-33(29-15-7-9-17-35-29)37-31-22-28-26(24-13-5-2-6-14-24)20-34(30-16-8-10-18-36-30)38-32(28)21-27(25)31/h1-22H. The molecule has 0 atom stereocenters. The minimum Gasteiger partial charge on any atom is -0.255 e. The van der Waals surface area contributed by atoms with E-state index >= 15 is 0 Å². The molecule has 0 unspecified atom stereocenters. The van der Waals surface area contributed by atoms with E-state index in [-0.39, 0.29) is 0 Å². The zero-order valence-corrected chi connectivity index (χ0v) is 20.5. The van der Waals surface area contributed by atoms with E-state index in [1.165, 1.54) is 0 Å². The predicted molar refractivity (Wildman–Crippen MR) is 154 cm³/mol. The second-order valence-electron chi connectivity index (χ2n) is 9.16. The highest BCUT2D eigenvalue weighted by molar-refractivity contribution is 6.08. The van der Waals surface area contributed by atoms with Gasteiger partial charge in [0.15, 0.2) is 0 Å². The number of benzene rings is 3. The first-order valence-corrected chi connectivity index (χ1v) is 12.6. The Morgan fingerprint density at radius 1 is 0.368 bits per heavy atom. The van der Waals surface area contributed by atoms with Crippen LogP contribution < -0.4 is 0 Å². The Kier molecular flexibility index (Phi) is 5.41. The van der Waals surface area contributed by atoms with Crippen molar-refractivity contribution >= 4 is 21.8 Å². The molecule has 7 aromatic rings. The van der Waals surface area contributed by atoms with Crippen LogP contribution in [0.3, 0.4) is 0 Å². The van der Waals surface area contributed by atoms with E-state index in [0.717, 1.165) is 66.8 Å². The largest absolute Gasteiger partial charge is 0.255 e. The number of pyridine rings is 4. The third-order valence-corrected chi connectivity index (χ3v) is 6.76. The van der Waals surface area contributed by atoms with Gasteiger partial charge < -0.3 is 0 Å². The van der Waals surface area contributed by atoms with Crippen LogP contribution in [0.2, 0.25) is 0 Å². The second-order valence-corrected chi connectivity index (χ2v) is 9.16. The fourth-order valence-corrected chi connectivity index (χ4v) is 4.95. The van der Waals surface area contributed by atoms with Crippen LogP contribution in [-0.2, 0) is 0 Å². The maximum atomic E-state index is 5.09. The van der Waals surface area contributed by atoms with Gasteiger partial charge in [-0.2, -0.15) is 0 Å². The van der Waals surface area contributed by atoms with Crippen molar-refractivity contribution < 1.29 is 0 Å². The molecule has 4 nitrogen and oxygen atoms in total. The fraction of sp³-hybridized carbons (Fsp3) is 0. The highest BCUT2D eigenvalue weighted by Crippen LogP contribution is 2.37. The van der Waals surface area contributed by atoms with Gasteiger partial charge in [0.1, 0.15) is 0 Å². The molecular formula is C34H22N4. The first-order chi connectivity index (χ1) is 18.8. The summed E-state index contributed by atoms with van der Waals surface area (Å²) >= 11 is 0. The third-order valence-electron chi connectivity index (χ3n) is 6.76. The zero-order chi connectivity index (χ0) is 25.3. The van der Waals surface area contributed by atoms with Crippen LogP contribution in [0.25, 0.3) is 66.8 Å². The van der Waals surface area contributed by atoms with Crippen molar-refractivity contribution in [3.63, 3.8) is 0 Å². The van der Waals surface area contributed by atoms with E-state index in [1.807, 2.05) is 48.5 Å². The minimum atomic E-state index is 0.843. The molecule has 0 N–H and O–H groups in total. The summed E-state index contributed by atoms with van der Waals surface area (Å²) in [5.41, 5.74) is 9.65. The molecule has 0 aliphatic heterocycles. The summed E-state index contributed by atoms with van der Waals surface area (Å²) in [6, 6.07) is 41.3. The van der Waals surface area contributed by atoms with E-state index < -0.39 is 0 Å². The van der Waals surface area contributed by atoms with Crippen molar-refractivity contribution in [3.05, 3.63) is 134 Å². The predicted octanol–water partition coefficient (Wildman–Crippen LogP) is 8.24. The molecule has 0 aliphatic rings. The van der Waals surface area contributed by atoms with Gasteiger partial charge in [-0.3, -0.25) is 9.97 Å². The van der Waals surface area contributed by atoms with Crippen LogP contribution in [0.1, 0.15) is 0 Å². The first-order valence-electron chi connectivity index (χ1n) is 12.6. The van der Waals surface area contributed by atoms with Gasteiger partial charge in [0, 0.05) is 23.2 Å². The van der Waals surface area contributed by atoms with E-state index in [0.29, 0.717) is 0 Å². The highest BCUT2D eigenvalue weighted by atomic mass is 14.8. The average Bonchev–Trinajstić information content (AvgIpc) is 3.01. The number of aromatic nitrogens is 4. The number of hydrogen-bond acceptors (Lipinski definition) is 4. The van der Waals surface area contributed by atoms with Gasteiger partial charge in [0.05, 0.1) is 33.8 Å². The molecule has 0 fully saturated rings. The fourth-order valence-electron chi connectivity index (χ4n) is 4.95. The molecule has 0 bridgehead atoms. The van der Waals surface area contributed by atoms with Gasteiger partial charge >= 0.3 is 0 Å². The molecule has 0 saturated heterocycles. The van der Waals surface area contributed by atoms with Crippen molar-refractivity contribution in [1.82, 2.24) is 19.9 Å². The summed E-state index contributed by atoms with van der Waals surface area (Å²) in [6.45, 7) is 0. The summed E-state index contributed by atoms with van der Waals surface area (Å²) in [7, 11) is 0. The Morgan fingerprint density at radius 2 is 0.789 bits per heavy atom. The molecule has 178 valence electrons. The molecular weight excluding hydrogens is 464 g/mol. The van der Waals surface area contributed by atoms with Crippen molar-refractivity contribution in [2.75, 3.05) is 0 Å². The van der Waals surface area contributed by atoms with Gasteiger partial charge in [0.2, 0.25) is 0 Å². The van der Waals surface area contributed by atoms with Crippen LogP contribution >= 0.6 is 0 Å². The highest BCUT2D eigenvalue weighted by Gasteiger charge is 2.16. The van der Waals surface area contributed by atoms with Gasteiger partial charge in [-0.05, 0) is 70.8 Å². The molecule has 0 amide bonds. The van der Waals surface area contributed by atoms with Crippen molar-refractivity contribution in [2.24, 2.45) is 0 Å². The number of rotatable bonds is 4. The Hall–Kier alpha value is -5.22. The summed E-state index contributed by atoms with van der Waals surface area (Å²) in [4.78, 5) is 19.4. The topological polar surface area (TPSA) is 51.6 Å². The molecule has 38 heavy (non-hydrogen) atoms. The van der Waals surface area contributed by atoms with Crippen molar-refractivity contribution in [3.8, 4) is 45.0 Å². The minimum absolute atomic E-state index is 0.843. The molecule has 0 spiro atoms. The molecule has 0 saturated carbocycles. The van der Waals surface area contributed by atoms with Crippen molar-refractivity contribution in [2.45, 2.75) is 0 Å². The Balaban J connectivity index is 1.57. The lowest BCUT2D eigenvalue weighted by atomic mass is 9.95. The van der Waals surface area contributed by atoms with Crippen LogP contribution in [0.4, 0.5) is 0 Å². The molecule has 0 radical (unpaired) electrons. The first kappa shape index (κ1) is 22.0. The van der Waals surface area contributed by atoms with Gasteiger partial charge in [-0.25, -0.2) is 9.97 Å². The molecule has 3 aromatic carbocycles. The molecule has 4 heterocycles. The maximum Gasteiger partial charge on any atom is 0.0900 e. The Labute approximate surface area is 220 Å². The van der Waals surface area contributed by atoms with E-state index in [2.05, 4.69) is 82.8 Å². The molecule has 0 aliphatic carbocycles. The lowest BCUT2D eigenvalue weighted by Gasteiger charge is -2.14. The average molecular weight is 487 g/mol.